The van der Waals surface area contributed by atoms with E-state index in [1.165, 1.54) is 11.1 Å². The van der Waals surface area contributed by atoms with E-state index < -0.39 is 0 Å². The number of benzene rings is 2. The van der Waals surface area contributed by atoms with E-state index in [2.05, 4.69) is 75.9 Å². The largest absolute Gasteiger partial charge is 0.342 e. The van der Waals surface area contributed by atoms with Crippen molar-refractivity contribution >= 4 is 16.9 Å². The minimum atomic E-state index is 0.322. The molecule has 0 saturated carbocycles. The Hall–Kier alpha value is -2.66. The minimum absolute atomic E-state index is 0.322. The van der Waals surface area contributed by atoms with Crippen LogP contribution in [0, 0.1) is 18.8 Å². The Morgan fingerprint density at radius 3 is 2.30 bits per heavy atom. The maximum Gasteiger partial charge on any atom is 0.236 e. The molecule has 1 aromatic heterocycles. The van der Waals surface area contributed by atoms with Crippen LogP contribution in [-0.4, -0.2) is 58.0 Å². The van der Waals surface area contributed by atoms with Crippen LogP contribution in [0.15, 0.2) is 54.6 Å². The van der Waals surface area contributed by atoms with E-state index in [9.17, 15) is 4.79 Å². The summed E-state index contributed by atoms with van der Waals surface area (Å²) < 4.78 is 2.38. The van der Waals surface area contributed by atoms with Gasteiger partial charge >= 0.3 is 0 Å². The van der Waals surface area contributed by atoms with Crippen LogP contribution < -0.4 is 0 Å². The standard InChI is InChI=1S/C28H36N4O/c1-22-29-26-9-5-6-10-27(26)32(22)20-25-11-15-30(16-12-25)21-28(33)31-17-13-24(14-18-31)19-23-7-3-2-4-8-23/h2-10,24-25H,11-21H2,1H3. The summed E-state index contributed by atoms with van der Waals surface area (Å²) in [5.74, 6) is 2.78. The van der Waals surface area contributed by atoms with Gasteiger partial charge in [0, 0.05) is 19.6 Å². The molecule has 5 rings (SSSR count). The first kappa shape index (κ1) is 22.1. The molecule has 5 heteroatoms. The van der Waals surface area contributed by atoms with Crippen LogP contribution in [0.5, 0.6) is 0 Å². The first-order valence-electron chi connectivity index (χ1n) is 12.6. The number of amides is 1. The molecule has 0 N–H and O–H groups in total. The summed E-state index contributed by atoms with van der Waals surface area (Å²) in [5, 5.41) is 0. The molecule has 0 radical (unpaired) electrons. The topological polar surface area (TPSA) is 41.4 Å². The molecule has 3 aromatic rings. The number of fused-ring (bicyclic) bond motifs is 1. The molecule has 2 saturated heterocycles. The molecular weight excluding hydrogens is 408 g/mol. The number of hydrogen-bond donors (Lipinski definition) is 0. The molecular formula is C28H36N4O. The second-order valence-corrected chi connectivity index (χ2v) is 9.99. The summed E-state index contributed by atoms with van der Waals surface area (Å²) in [6.45, 7) is 7.60. The fourth-order valence-corrected chi connectivity index (χ4v) is 5.64. The number of aromatic nitrogens is 2. The summed E-state index contributed by atoms with van der Waals surface area (Å²) in [6, 6.07) is 19.2. The zero-order valence-electron chi connectivity index (χ0n) is 19.8. The Morgan fingerprint density at radius 2 is 1.55 bits per heavy atom. The van der Waals surface area contributed by atoms with Gasteiger partial charge in [-0.05, 0) is 81.6 Å². The highest BCUT2D eigenvalue weighted by Crippen LogP contribution is 2.25. The molecule has 0 spiro atoms. The average Bonchev–Trinajstić information content (AvgIpc) is 3.16. The van der Waals surface area contributed by atoms with Crippen LogP contribution >= 0.6 is 0 Å². The highest BCUT2D eigenvalue weighted by molar-refractivity contribution is 5.78. The Balaban J connectivity index is 1.06. The third-order valence-electron chi connectivity index (χ3n) is 7.69. The highest BCUT2D eigenvalue weighted by atomic mass is 16.2. The molecule has 2 fully saturated rings. The number of rotatable bonds is 6. The molecule has 2 aliphatic heterocycles. The van der Waals surface area contributed by atoms with Gasteiger partial charge in [-0.15, -0.1) is 0 Å². The lowest BCUT2D eigenvalue weighted by Crippen LogP contribution is -2.46. The third-order valence-corrected chi connectivity index (χ3v) is 7.69. The van der Waals surface area contributed by atoms with Crippen molar-refractivity contribution in [3.05, 3.63) is 66.0 Å². The fraction of sp³-hybridized carbons (Fsp3) is 0.500. The molecule has 1 amide bonds. The molecule has 0 unspecified atom stereocenters. The van der Waals surface area contributed by atoms with Crippen molar-refractivity contribution in [3.63, 3.8) is 0 Å². The second kappa shape index (κ2) is 10.1. The summed E-state index contributed by atoms with van der Waals surface area (Å²) in [6.07, 6.45) is 5.70. The zero-order valence-corrected chi connectivity index (χ0v) is 19.8. The van der Waals surface area contributed by atoms with Crippen molar-refractivity contribution in [2.24, 2.45) is 11.8 Å². The number of carbonyl (C=O) groups is 1. The SMILES string of the molecule is Cc1nc2ccccc2n1CC1CCN(CC(=O)N2CCC(Cc3ccccc3)CC2)CC1. The fourth-order valence-electron chi connectivity index (χ4n) is 5.64. The zero-order chi connectivity index (χ0) is 22.6. The predicted octanol–water partition coefficient (Wildman–Crippen LogP) is 4.54. The highest BCUT2D eigenvalue weighted by Gasteiger charge is 2.26. The van der Waals surface area contributed by atoms with Gasteiger partial charge in [-0.2, -0.15) is 0 Å². The molecule has 0 aliphatic carbocycles. The van der Waals surface area contributed by atoms with Gasteiger partial charge in [0.2, 0.25) is 5.91 Å². The van der Waals surface area contributed by atoms with Gasteiger partial charge in [-0.1, -0.05) is 42.5 Å². The van der Waals surface area contributed by atoms with E-state index in [1.807, 2.05) is 0 Å². The van der Waals surface area contributed by atoms with Crippen molar-refractivity contribution in [1.82, 2.24) is 19.4 Å². The lowest BCUT2D eigenvalue weighted by Gasteiger charge is -2.36. The van der Waals surface area contributed by atoms with Gasteiger partial charge < -0.3 is 9.47 Å². The quantitative estimate of drug-likeness (QED) is 0.561. The smallest absolute Gasteiger partial charge is 0.236 e. The predicted molar refractivity (Wildman–Crippen MR) is 133 cm³/mol. The van der Waals surface area contributed by atoms with E-state index >= 15 is 0 Å². The van der Waals surface area contributed by atoms with E-state index in [0.717, 1.165) is 76.2 Å². The molecule has 33 heavy (non-hydrogen) atoms. The number of hydrogen-bond acceptors (Lipinski definition) is 3. The number of imidazole rings is 1. The second-order valence-electron chi connectivity index (χ2n) is 9.99. The van der Waals surface area contributed by atoms with Crippen LogP contribution in [0.25, 0.3) is 11.0 Å². The van der Waals surface area contributed by atoms with Gasteiger partial charge in [0.05, 0.1) is 17.6 Å². The minimum Gasteiger partial charge on any atom is -0.342 e. The monoisotopic (exact) mass is 444 g/mol. The number of aryl methyl sites for hydroxylation is 1. The van der Waals surface area contributed by atoms with Gasteiger partial charge in [-0.25, -0.2) is 4.98 Å². The van der Waals surface area contributed by atoms with Crippen molar-refractivity contribution < 1.29 is 4.79 Å². The van der Waals surface area contributed by atoms with Crippen LogP contribution in [0.2, 0.25) is 0 Å². The van der Waals surface area contributed by atoms with Crippen molar-refractivity contribution in [2.45, 2.75) is 45.6 Å². The molecule has 0 bridgehead atoms. The average molecular weight is 445 g/mol. The summed E-state index contributed by atoms with van der Waals surface area (Å²) in [5.41, 5.74) is 3.75. The van der Waals surface area contributed by atoms with Crippen LogP contribution in [0.3, 0.4) is 0 Å². The molecule has 2 aliphatic rings. The van der Waals surface area contributed by atoms with E-state index in [0.29, 0.717) is 24.3 Å². The van der Waals surface area contributed by atoms with Gasteiger partial charge in [0.15, 0.2) is 0 Å². The Bertz CT molecular complexity index is 1060. The van der Waals surface area contributed by atoms with Gasteiger partial charge in [0.1, 0.15) is 5.82 Å². The number of nitrogens with zero attached hydrogens (tertiary/aromatic N) is 4. The molecule has 174 valence electrons. The number of para-hydroxylation sites is 2. The number of likely N-dealkylation sites (tertiary alicyclic amines) is 2. The first-order chi connectivity index (χ1) is 16.2. The van der Waals surface area contributed by atoms with E-state index in [-0.39, 0.29) is 0 Å². The molecule has 3 heterocycles. The van der Waals surface area contributed by atoms with Crippen LogP contribution in [0.1, 0.15) is 37.1 Å². The lowest BCUT2D eigenvalue weighted by atomic mass is 9.90. The van der Waals surface area contributed by atoms with E-state index in [1.54, 1.807) is 0 Å². The lowest BCUT2D eigenvalue weighted by molar-refractivity contribution is -0.134. The normalized spacial score (nSPS) is 18.8. The maximum atomic E-state index is 12.9. The summed E-state index contributed by atoms with van der Waals surface area (Å²) in [7, 11) is 0. The first-order valence-corrected chi connectivity index (χ1v) is 12.6. The number of piperidine rings is 2. The molecule has 2 aromatic carbocycles. The summed E-state index contributed by atoms with van der Waals surface area (Å²) in [4.78, 5) is 22.1. The van der Waals surface area contributed by atoms with Gasteiger partial charge in [-0.3, -0.25) is 9.69 Å². The maximum absolute atomic E-state index is 12.9. The van der Waals surface area contributed by atoms with Crippen molar-refractivity contribution in [2.75, 3.05) is 32.7 Å². The molecule has 5 nitrogen and oxygen atoms in total. The van der Waals surface area contributed by atoms with E-state index in [4.69, 9.17) is 4.98 Å². The van der Waals surface area contributed by atoms with Crippen LogP contribution in [0.4, 0.5) is 0 Å². The third kappa shape index (κ3) is 5.30. The van der Waals surface area contributed by atoms with Crippen LogP contribution in [-0.2, 0) is 17.8 Å². The summed E-state index contributed by atoms with van der Waals surface area (Å²) >= 11 is 0. The number of carbonyl (C=O) groups excluding carboxylic acids is 1. The Labute approximate surface area is 197 Å². The van der Waals surface area contributed by atoms with Gasteiger partial charge in [0.25, 0.3) is 0 Å². The Morgan fingerprint density at radius 1 is 0.879 bits per heavy atom. The molecule has 0 atom stereocenters. The van der Waals surface area contributed by atoms with Crippen molar-refractivity contribution in [3.8, 4) is 0 Å². The van der Waals surface area contributed by atoms with Crippen molar-refractivity contribution in [1.29, 1.82) is 0 Å². The Kier molecular flexibility index (Phi) is 6.77.